The predicted octanol–water partition coefficient (Wildman–Crippen LogP) is 1.71. The number of carbonyl (C=O) groups is 2. The normalized spacial score (nSPS) is 14.3. The average Bonchev–Trinajstić information content (AvgIpc) is 2.65. The summed E-state index contributed by atoms with van der Waals surface area (Å²) in [5.74, 6) is -2.21. The van der Waals surface area contributed by atoms with E-state index in [4.69, 9.17) is 0 Å². The number of hydrogen-bond acceptors (Lipinski definition) is 5. The Hall–Kier alpha value is -3.22. The van der Waals surface area contributed by atoms with Crippen LogP contribution in [0.25, 0.3) is 0 Å². The van der Waals surface area contributed by atoms with Gasteiger partial charge in [0.2, 0.25) is 0 Å². The second-order valence-electron chi connectivity index (χ2n) is 6.31. The molecule has 0 radical (unpaired) electrons. The van der Waals surface area contributed by atoms with Crippen molar-refractivity contribution in [1.29, 1.82) is 0 Å². The standard InChI is InChI=1S/C19H20N2O5/c1-12-2-4-13(5-3-12)18(25)20-6-8-21(9-7-20)19(26)14-10-15(22)17(24)16(23)11-14/h2-5,10-11,22-24H,6-9H2,1H3. The molecule has 0 atom stereocenters. The van der Waals surface area contributed by atoms with Crippen LogP contribution in [0.4, 0.5) is 0 Å². The summed E-state index contributed by atoms with van der Waals surface area (Å²) in [5, 5.41) is 28.5. The van der Waals surface area contributed by atoms with E-state index < -0.39 is 17.2 Å². The van der Waals surface area contributed by atoms with E-state index in [-0.39, 0.29) is 17.4 Å². The first-order valence-corrected chi connectivity index (χ1v) is 8.27. The van der Waals surface area contributed by atoms with Gasteiger partial charge >= 0.3 is 0 Å². The smallest absolute Gasteiger partial charge is 0.254 e. The molecule has 3 rings (SSSR count). The first-order valence-electron chi connectivity index (χ1n) is 8.27. The Morgan fingerprint density at radius 1 is 0.769 bits per heavy atom. The maximum atomic E-state index is 12.5. The zero-order valence-corrected chi connectivity index (χ0v) is 14.3. The Morgan fingerprint density at radius 3 is 1.65 bits per heavy atom. The van der Waals surface area contributed by atoms with Gasteiger partial charge in [-0.3, -0.25) is 9.59 Å². The molecular weight excluding hydrogens is 336 g/mol. The van der Waals surface area contributed by atoms with E-state index >= 15 is 0 Å². The molecule has 2 aromatic carbocycles. The summed E-state index contributed by atoms with van der Waals surface area (Å²) in [6.07, 6.45) is 0. The summed E-state index contributed by atoms with van der Waals surface area (Å²) >= 11 is 0. The number of rotatable bonds is 2. The third-order valence-electron chi connectivity index (χ3n) is 4.47. The van der Waals surface area contributed by atoms with E-state index in [0.29, 0.717) is 31.7 Å². The molecule has 1 heterocycles. The molecule has 0 unspecified atom stereocenters. The van der Waals surface area contributed by atoms with E-state index in [1.165, 1.54) is 0 Å². The van der Waals surface area contributed by atoms with Gasteiger partial charge in [0, 0.05) is 37.3 Å². The topological polar surface area (TPSA) is 101 Å². The van der Waals surface area contributed by atoms with Crippen LogP contribution < -0.4 is 0 Å². The second-order valence-corrected chi connectivity index (χ2v) is 6.31. The molecule has 7 nitrogen and oxygen atoms in total. The summed E-state index contributed by atoms with van der Waals surface area (Å²) in [6, 6.07) is 9.57. The number of nitrogens with zero attached hydrogens (tertiary/aromatic N) is 2. The summed E-state index contributed by atoms with van der Waals surface area (Å²) in [6.45, 7) is 3.44. The van der Waals surface area contributed by atoms with E-state index in [1.54, 1.807) is 21.9 Å². The SMILES string of the molecule is Cc1ccc(C(=O)N2CCN(C(=O)c3cc(O)c(O)c(O)c3)CC2)cc1. The van der Waals surface area contributed by atoms with Crippen molar-refractivity contribution in [1.82, 2.24) is 9.80 Å². The van der Waals surface area contributed by atoms with Crippen LogP contribution in [0, 0.1) is 6.92 Å². The Labute approximate surface area is 150 Å². The Kier molecular flexibility index (Phi) is 4.71. The number of phenols is 3. The van der Waals surface area contributed by atoms with Crippen LogP contribution in [0.1, 0.15) is 26.3 Å². The highest BCUT2D eigenvalue weighted by Crippen LogP contribution is 2.35. The van der Waals surface area contributed by atoms with Gasteiger partial charge in [0.1, 0.15) is 0 Å². The molecule has 1 aliphatic heterocycles. The van der Waals surface area contributed by atoms with E-state index in [9.17, 15) is 24.9 Å². The van der Waals surface area contributed by atoms with E-state index in [0.717, 1.165) is 17.7 Å². The zero-order chi connectivity index (χ0) is 18.8. The maximum Gasteiger partial charge on any atom is 0.254 e. The molecular formula is C19H20N2O5. The van der Waals surface area contributed by atoms with Gasteiger partial charge in [-0.2, -0.15) is 0 Å². The molecule has 0 saturated carbocycles. The number of aromatic hydroxyl groups is 3. The van der Waals surface area contributed by atoms with Crippen molar-refractivity contribution in [3.63, 3.8) is 0 Å². The van der Waals surface area contributed by atoms with Gasteiger partial charge < -0.3 is 25.1 Å². The molecule has 0 spiro atoms. The summed E-state index contributed by atoms with van der Waals surface area (Å²) < 4.78 is 0. The molecule has 0 aromatic heterocycles. The summed E-state index contributed by atoms with van der Waals surface area (Å²) in [5.41, 5.74) is 1.78. The highest BCUT2D eigenvalue weighted by molar-refractivity contribution is 5.96. The molecule has 1 fully saturated rings. The Balaban J connectivity index is 1.65. The fourth-order valence-electron chi connectivity index (χ4n) is 2.90. The van der Waals surface area contributed by atoms with Gasteiger partial charge in [-0.15, -0.1) is 0 Å². The second kappa shape index (κ2) is 6.95. The predicted molar refractivity (Wildman–Crippen MR) is 94.4 cm³/mol. The van der Waals surface area contributed by atoms with E-state index in [1.807, 2.05) is 19.1 Å². The molecule has 0 aliphatic carbocycles. The Bertz CT molecular complexity index is 817. The molecule has 2 amide bonds. The lowest BCUT2D eigenvalue weighted by Crippen LogP contribution is -2.50. The Morgan fingerprint density at radius 2 is 1.19 bits per heavy atom. The highest BCUT2D eigenvalue weighted by atomic mass is 16.3. The molecule has 136 valence electrons. The lowest BCUT2D eigenvalue weighted by atomic mass is 10.1. The number of piperazine rings is 1. The highest BCUT2D eigenvalue weighted by Gasteiger charge is 2.26. The average molecular weight is 356 g/mol. The number of aryl methyl sites for hydroxylation is 1. The molecule has 0 bridgehead atoms. The van der Waals surface area contributed by atoms with Crippen LogP contribution in [0.15, 0.2) is 36.4 Å². The number of carbonyl (C=O) groups excluding carboxylic acids is 2. The number of phenolic OH excluding ortho intramolecular Hbond substituents is 3. The molecule has 1 aliphatic rings. The van der Waals surface area contributed by atoms with Gasteiger partial charge in [-0.05, 0) is 31.2 Å². The van der Waals surface area contributed by atoms with Crippen molar-refractivity contribution in [3.8, 4) is 17.2 Å². The summed E-state index contributed by atoms with van der Waals surface area (Å²) in [7, 11) is 0. The van der Waals surface area contributed by atoms with Gasteiger partial charge in [0.25, 0.3) is 11.8 Å². The minimum Gasteiger partial charge on any atom is -0.504 e. The number of amides is 2. The third kappa shape index (κ3) is 3.42. The van der Waals surface area contributed by atoms with Crippen molar-refractivity contribution in [2.75, 3.05) is 26.2 Å². The van der Waals surface area contributed by atoms with Crippen LogP contribution in [-0.2, 0) is 0 Å². The number of hydrogen-bond donors (Lipinski definition) is 3. The van der Waals surface area contributed by atoms with Crippen molar-refractivity contribution in [2.24, 2.45) is 0 Å². The maximum absolute atomic E-state index is 12.5. The van der Waals surface area contributed by atoms with Crippen LogP contribution in [0.3, 0.4) is 0 Å². The lowest BCUT2D eigenvalue weighted by molar-refractivity contribution is 0.0535. The van der Waals surface area contributed by atoms with Crippen molar-refractivity contribution >= 4 is 11.8 Å². The van der Waals surface area contributed by atoms with Gasteiger partial charge in [0.15, 0.2) is 17.2 Å². The van der Waals surface area contributed by atoms with Crippen LogP contribution in [0.5, 0.6) is 17.2 Å². The molecule has 2 aromatic rings. The quantitative estimate of drug-likeness (QED) is 0.711. The van der Waals surface area contributed by atoms with Crippen molar-refractivity contribution < 1.29 is 24.9 Å². The minimum absolute atomic E-state index is 0.0722. The molecule has 7 heteroatoms. The first-order chi connectivity index (χ1) is 12.4. The van der Waals surface area contributed by atoms with E-state index in [2.05, 4.69) is 0 Å². The minimum atomic E-state index is -0.657. The van der Waals surface area contributed by atoms with Crippen LogP contribution in [-0.4, -0.2) is 63.1 Å². The van der Waals surface area contributed by atoms with Crippen LogP contribution in [0.2, 0.25) is 0 Å². The fraction of sp³-hybridized carbons (Fsp3) is 0.263. The van der Waals surface area contributed by atoms with Crippen molar-refractivity contribution in [2.45, 2.75) is 6.92 Å². The monoisotopic (exact) mass is 356 g/mol. The third-order valence-corrected chi connectivity index (χ3v) is 4.47. The molecule has 3 N–H and O–H groups in total. The van der Waals surface area contributed by atoms with Gasteiger partial charge in [-0.1, -0.05) is 17.7 Å². The van der Waals surface area contributed by atoms with Gasteiger partial charge in [-0.25, -0.2) is 0 Å². The van der Waals surface area contributed by atoms with Crippen LogP contribution >= 0.6 is 0 Å². The lowest BCUT2D eigenvalue weighted by Gasteiger charge is -2.35. The van der Waals surface area contributed by atoms with Gasteiger partial charge in [0.05, 0.1) is 0 Å². The summed E-state index contributed by atoms with van der Waals surface area (Å²) in [4.78, 5) is 28.3. The first kappa shape index (κ1) is 17.6. The van der Waals surface area contributed by atoms with Crippen molar-refractivity contribution in [3.05, 3.63) is 53.1 Å². The zero-order valence-electron chi connectivity index (χ0n) is 14.3. The molecule has 1 saturated heterocycles. The largest absolute Gasteiger partial charge is 0.504 e. The fourth-order valence-corrected chi connectivity index (χ4v) is 2.90. The number of benzene rings is 2. The molecule has 26 heavy (non-hydrogen) atoms.